The van der Waals surface area contributed by atoms with Gasteiger partial charge in [0, 0.05) is 36.9 Å². The minimum atomic E-state index is 0.0525. The number of nitrogens with two attached hydrogens (primary N) is 1. The summed E-state index contributed by atoms with van der Waals surface area (Å²) in [6.07, 6.45) is 1.04. The van der Waals surface area contributed by atoms with Crippen LogP contribution in [0.2, 0.25) is 0 Å². The average molecular weight is 248 g/mol. The van der Waals surface area contributed by atoms with Crippen LogP contribution in [0.25, 0.3) is 0 Å². The van der Waals surface area contributed by atoms with E-state index in [-0.39, 0.29) is 5.91 Å². The van der Waals surface area contributed by atoms with Crippen LogP contribution in [0.5, 0.6) is 0 Å². The number of ether oxygens (including phenoxy) is 1. The van der Waals surface area contributed by atoms with Gasteiger partial charge in [0.05, 0.1) is 6.61 Å². The molecule has 98 valence electrons. The summed E-state index contributed by atoms with van der Waals surface area (Å²) in [6.45, 7) is 5.06. The zero-order chi connectivity index (χ0) is 13.0. The summed E-state index contributed by atoms with van der Waals surface area (Å²) in [6, 6.07) is 7.15. The highest BCUT2D eigenvalue weighted by molar-refractivity contribution is 5.95. The Morgan fingerprint density at radius 3 is 3.00 bits per heavy atom. The zero-order valence-corrected chi connectivity index (χ0v) is 10.8. The second kappa shape index (κ2) is 5.87. The van der Waals surface area contributed by atoms with Crippen LogP contribution in [0.1, 0.15) is 23.7 Å². The lowest BCUT2D eigenvalue weighted by Crippen LogP contribution is -2.35. The Hall–Kier alpha value is -1.55. The summed E-state index contributed by atoms with van der Waals surface area (Å²) < 4.78 is 5.35. The van der Waals surface area contributed by atoms with Crippen molar-refractivity contribution in [3.63, 3.8) is 0 Å². The molecule has 4 heteroatoms. The maximum Gasteiger partial charge on any atom is 0.253 e. The van der Waals surface area contributed by atoms with Crippen LogP contribution in [0.4, 0.5) is 5.69 Å². The van der Waals surface area contributed by atoms with Gasteiger partial charge in [-0.3, -0.25) is 4.79 Å². The molecule has 1 unspecified atom stereocenters. The van der Waals surface area contributed by atoms with Gasteiger partial charge >= 0.3 is 0 Å². The number of benzene rings is 1. The van der Waals surface area contributed by atoms with Crippen molar-refractivity contribution < 1.29 is 9.53 Å². The molecule has 0 saturated carbocycles. The van der Waals surface area contributed by atoms with E-state index in [0.29, 0.717) is 23.7 Å². The van der Waals surface area contributed by atoms with E-state index in [1.54, 1.807) is 12.1 Å². The third-order valence-corrected chi connectivity index (χ3v) is 3.31. The highest BCUT2D eigenvalue weighted by atomic mass is 16.5. The first-order valence-corrected chi connectivity index (χ1v) is 6.43. The molecule has 1 aliphatic heterocycles. The molecular weight excluding hydrogens is 228 g/mol. The van der Waals surface area contributed by atoms with E-state index in [1.807, 2.05) is 24.0 Å². The van der Waals surface area contributed by atoms with E-state index >= 15 is 0 Å². The maximum absolute atomic E-state index is 12.3. The van der Waals surface area contributed by atoms with Crippen LogP contribution in [0.15, 0.2) is 24.3 Å². The third-order valence-electron chi connectivity index (χ3n) is 3.31. The van der Waals surface area contributed by atoms with Gasteiger partial charge in [-0.25, -0.2) is 0 Å². The minimum Gasteiger partial charge on any atom is -0.399 e. The van der Waals surface area contributed by atoms with E-state index in [1.165, 1.54) is 0 Å². The van der Waals surface area contributed by atoms with Gasteiger partial charge < -0.3 is 15.4 Å². The Morgan fingerprint density at radius 1 is 1.56 bits per heavy atom. The molecule has 1 aliphatic rings. The van der Waals surface area contributed by atoms with Crippen molar-refractivity contribution in [2.45, 2.75) is 13.3 Å². The van der Waals surface area contributed by atoms with Crippen LogP contribution < -0.4 is 5.73 Å². The summed E-state index contributed by atoms with van der Waals surface area (Å²) in [5, 5.41) is 0. The van der Waals surface area contributed by atoms with Crippen LogP contribution >= 0.6 is 0 Å². The van der Waals surface area contributed by atoms with Crippen LogP contribution in [-0.4, -0.2) is 37.1 Å². The molecule has 1 fully saturated rings. The number of hydrogen-bond acceptors (Lipinski definition) is 3. The largest absolute Gasteiger partial charge is 0.399 e. The molecule has 1 aromatic carbocycles. The van der Waals surface area contributed by atoms with E-state index in [2.05, 4.69) is 0 Å². The van der Waals surface area contributed by atoms with Crippen LogP contribution in [-0.2, 0) is 4.74 Å². The summed E-state index contributed by atoms with van der Waals surface area (Å²) in [5.74, 6) is 0.520. The molecule has 1 aromatic rings. The summed E-state index contributed by atoms with van der Waals surface area (Å²) in [4.78, 5) is 14.2. The smallest absolute Gasteiger partial charge is 0.253 e. The van der Waals surface area contributed by atoms with Crippen molar-refractivity contribution in [2.24, 2.45) is 5.92 Å². The molecule has 1 heterocycles. The van der Waals surface area contributed by atoms with Crippen molar-refractivity contribution in [2.75, 3.05) is 32.0 Å². The predicted octanol–water partition coefficient (Wildman–Crippen LogP) is 1.77. The molecule has 0 radical (unpaired) electrons. The van der Waals surface area contributed by atoms with Gasteiger partial charge in [-0.1, -0.05) is 6.07 Å². The van der Waals surface area contributed by atoms with Gasteiger partial charge in [0.15, 0.2) is 0 Å². The number of carbonyl (C=O) groups is 1. The SMILES string of the molecule is CCN(CC1CCOC1)C(=O)c1cccc(N)c1. The van der Waals surface area contributed by atoms with Crippen molar-refractivity contribution in [1.82, 2.24) is 4.90 Å². The average Bonchev–Trinajstić information content (AvgIpc) is 2.88. The molecule has 1 amide bonds. The van der Waals surface area contributed by atoms with Gasteiger partial charge in [-0.15, -0.1) is 0 Å². The first-order chi connectivity index (χ1) is 8.70. The second-order valence-corrected chi connectivity index (χ2v) is 4.70. The maximum atomic E-state index is 12.3. The molecule has 0 aliphatic carbocycles. The highest BCUT2D eigenvalue weighted by Gasteiger charge is 2.22. The van der Waals surface area contributed by atoms with E-state index < -0.39 is 0 Å². The number of rotatable bonds is 4. The lowest BCUT2D eigenvalue weighted by Gasteiger charge is -2.23. The molecule has 1 saturated heterocycles. The Morgan fingerprint density at radius 2 is 2.39 bits per heavy atom. The van der Waals surface area contributed by atoms with E-state index in [9.17, 15) is 4.79 Å². The predicted molar refractivity (Wildman–Crippen MR) is 71.4 cm³/mol. The van der Waals surface area contributed by atoms with Crippen molar-refractivity contribution in [3.8, 4) is 0 Å². The number of anilines is 1. The zero-order valence-electron chi connectivity index (χ0n) is 10.8. The molecule has 0 aromatic heterocycles. The number of amides is 1. The Balaban J connectivity index is 2.04. The van der Waals surface area contributed by atoms with E-state index in [0.717, 1.165) is 26.2 Å². The summed E-state index contributed by atoms with van der Waals surface area (Å²) in [5.41, 5.74) is 7.00. The molecule has 4 nitrogen and oxygen atoms in total. The Labute approximate surface area is 108 Å². The van der Waals surface area contributed by atoms with Crippen molar-refractivity contribution >= 4 is 11.6 Å². The molecular formula is C14H20N2O2. The number of nitrogen functional groups attached to an aromatic ring is 1. The van der Waals surface area contributed by atoms with Crippen molar-refractivity contribution in [3.05, 3.63) is 29.8 Å². The number of carbonyl (C=O) groups excluding carboxylic acids is 1. The summed E-state index contributed by atoms with van der Waals surface area (Å²) >= 11 is 0. The molecule has 0 spiro atoms. The minimum absolute atomic E-state index is 0.0525. The van der Waals surface area contributed by atoms with E-state index in [4.69, 9.17) is 10.5 Å². The summed E-state index contributed by atoms with van der Waals surface area (Å²) in [7, 11) is 0. The Bertz CT molecular complexity index is 414. The molecule has 2 N–H and O–H groups in total. The van der Waals surface area contributed by atoms with Gasteiger partial charge in [0.25, 0.3) is 5.91 Å². The number of hydrogen-bond donors (Lipinski definition) is 1. The fourth-order valence-electron chi connectivity index (χ4n) is 2.25. The lowest BCUT2D eigenvalue weighted by atomic mass is 10.1. The third kappa shape index (κ3) is 3.01. The quantitative estimate of drug-likeness (QED) is 0.826. The van der Waals surface area contributed by atoms with Gasteiger partial charge in [-0.05, 0) is 31.5 Å². The normalized spacial score (nSPS) is 18.8. The molecule has 0 bridgehead atoms. The first-order valence-electron chi connectivity index (χ1n) is 6.43. The van der Waals surface area contributed by atoms with Crippen LogP contribution in [0, 0.1) is 5.92 Å². The van der Waals surface area contributed by atoms with Gasteiger partial charge in [0.1, 0.15) is 0 Å². The standard InChI is InChI=1S/C14H20N2O2/c1-2-16(9-11-6-7-18-10-11)14(17)12-4-3-5-13(15)8-12/h3-5,8,11H,2,6-7,9-10,15H2,1H3. The first kappa shape index (κ1) is 12.9. The number of nitrogens with zero attached hydrogens (tertiary/aromatic N) is 1. The second-order valence-electron chi connectivity index (χ2n) is 4.70. The lowest BCUT2D eigenvalue weighted by molar-refractivity contribution is 0.0731. The molecule has 18 heavy (non-hydrogen) atoms. The van der Waals surface area contributed by atoms with Gasteiger partial charge in [-0.2, -0.15) is 0 Å². The monoisotopic (exact) mass is 248 g/mol. The van der Waals surface area contributed by atoms with Gasteiger partial charge in [0.2, 0.25) is 0 Å². The Kier molecular flexibility index (Phi) is 4.20. The van der Waals surface area contributed by atoms with Crippen molar-refractivity contribution in [1.29, 1.82) is 0 Å². The molecule has 1 atom stereocenters. The highest BCUT2D eigenvalue weighted by Crippen LogP contribution is 2.16. The molecule has 2 rings (SSSR count). The fraction of sp³-hybridized carbons (Fsp3) is 0.500. The fourth-order valence-corrected chi connectivity index (χ4v) is 2.25. The van der Waals surface area contributed by atoms with Crippen LogP contribution in [0.3, 0.4) is 0 Å². The topological polar surface area (TPSA) is 55.6 Å².